The normalized spacial score (nSPS) is 13.2. The molecule has 1 fully saturated rings. The van der Waals surface area contributed by atoms with Gasteiger partial charge in [0.1, 0.15) is 17.2 Å². The number of halogens is 1. The molecule has 0 radical (unpaired) electrons. The van der Waals surface area contributed by atoms with Crippen LogP contribution in [0.1, 0.15) is 41.2 Å². The molecular weight excluding hydrogens is 570 g/mol. The van der Waals surface area contributed by atoms with E-state index in [1.165, 1.54) is 7.11 Å². The summed E-state index contributed by atoms with van der Waals surface area (Å²) in [5.74, 6) is 1.81. The van der Waals surface area contributed by atoms with Crippen molar-refractivity contribution in [1.82, 2.24) is 5.32 Å². The summed E-state index contributed by atoms with van der Waals surface area (Å²) >= 11 is 3.46. The van der Waals surface area contributed by atoms with E-state index in [0.717, 1.165) is 45.5 Å². The molecule has 1 saturated carbocycles. The molecule has 1 atom stereocenters. The van der Waals surface area contributed by atoms with Crippen LogP contribution in [0.2, 0.25) is 0 Å². The molecular formula is C33H30BrNO5. The van der Waals surface area contributed by atoms with Gasteiger partial charge in [0.15, 0.2) is 0 Å². The van der Waals surface area contributed by atoms with Crippen molar-refractivity contribution in [2.45, 2.75) is 25.3 Å². The van der Waals surface area contributed by atoms with Gasteiger partial charge in [-0.1, -0.05) is 76.6 Å². The number of methoxy groups -OCH3 is 1. The summed E-state index contributed by atoms with van der Waals surface area (Å²) in [4.78, 5) is 25.8. The first-order valence-corrected chi connectivity index (χ1v) is 14.0. The zero-order chi connectivity index (χ0) is 27.9. The molecule has 0 bridgehead atoms. The van der Waals surface area contributed by atoms with Crippen LogP contribution in [0.15, 0.2) is 102 Å². The van der Waals surface area contributed by atoms with Gasteiger partial charge in [-0.2, -0.15) is 0 Å². The van der Waals surface area contributed by atoms with Crippen molar-refractivity contribution in [2.75, 3.05) is 13.7 Å². The highest BCUT2D eigenvalue weighted by Crippen LogP contribution is 2.35. The summed E-state index contributed by atoms with van der Waals surface area (Å²) in [6.07, 6.45) is 2.29. The number of ether oxygens (including phenoxy) is 3. The summed E-state index contributed by atoms with van der Waals surface area (Å²) in [5, 5.41) is 3.02. The van der Waals surface area contributed by atoms with E-state index in [-0.39, 0.29) is 12.3 Å². The van der Waals surface area contributed by atoms with E-state index in [1.54, 1.807) is 12.1 Å². The van der Waals surface area contributed by atoms with Gasteiger partial charge in [-0.15, -0.1) is 0 Å². The zero-order valence-electron chi connectivity index (χ0n) is 22.1. The van der Waals surface area contributed by atoms with Crippen molar-refractivity contribution < 1.29 is 23.8 Å². The summed E-state index contributed by atoms with van der Waals surface area (Å²) < 4.78 is 17.8. The monoisotopic (exact) mass is 599 g/mol. The molecule has 7 heteroatoms. The lowest BCUT2D eigenvalue weighted by molar-refractivity contribution is -0.141. The lowest BCUT2D eigenvalue weighted by Gasteiger charge is -2.20. The molecule has 4 aromatic carbocycles. The maximum Gasteiger partial charge on any atom is 0.307 e. The van der Waals surface area contributed by atoms with Crippen LogP contribution in [0.3, 0.4) is 0 Å². The van der Waals surface area contributed by atoms with Crippen LogP contribution in [0.25, 0.3) is 11.1 Å². The molecule has 40 heavy (non-hydrogen) atoms. The smallest absolute Gasteiger partial charge is 0.307 e. The minimum atomic E-state index is -0.597. The number of para-hydroxylation sites is 2. The first-order valence-electron chi connectivity index (χ1n) is 13.2. The van der Waals surface area contributed by atoms with Gasteiger partial charge in [-0.25, -0.2) is 0 Å². The highest BCUT2D eigenvalue weighted by molar-refractivity contribution is 9.10. The van der Waals surface area contributed by atoms with Crippen molar-refractivity contribution in [1.29, 1.82) is 0 Å². The molecule has 1 N–H and O–H groups in total. The number of carbonyl (C=O) groups is 2. The Morgan fingerprint density at radius 2 is 1.62 bits per heavy atom. The molecule has 6 nitrogen and oxygen atoms in total. The van der Waals surface area contributed by atoms with Gasteiger partial charge in [0.25, 0.3) is 5.91 Å². The molecule has 1 aliphatic carbocycles. The number of esters is 1. The average molecular weight is 601 g/mol. The van der Waals surface area contributed by atoms with Crippen LogP contribution in [0, 0.1) is 5.92 Å². The topological polar surface area (TPSA) is 73.9 Å². The van der Waals surface area contributed by atoms with Crippen molar-refractivity contribution in [3.8, 4) is 28.4 Å². The number of benzene rings is 4. The van der Waals surface area contributed by atoms with Gasteiger partial charge in [0.2, 0.25) is 0 Å². The number of amides is 1. The Labute approximate surface area is 242 Å². The third-order valence-corrected chi connectivity index (χ3v) is 7.24. The van der Waals surface area contributed by atoms with Gasteiger partial charge in [0.05, 0.1) is 31.7 Å². The second-order valence-corrected chi connectivity index (χ2v) is 10.7. The minimum absolute atomic E-state index is 0.0123. The Hall–Kier alpha value is -4.10. The first kappa shape index (κ1) is 27.5. The van der Waals surface area contributed by atoms with Crippen LogP contribution < -0.4 is 14.8 Å². The molecule has 0 heterocycles. The SMILES string of the molecule is COC(=O)CC(NC(=O)c1cc(Br)ccc1OCC1CC1)c1ccc(-c2ccccc2Oc2ccccc2)cc1. The first-order chi connectivity index (χ1) is 19.5. The Morgan fingerprint density at radius 1 is 0.900 bits per heavy atom. The highest BCUT2D eigenvalue weighted by atomic mass is 79.9. The van der Waals surface area contributed by atoms with Crippen LogP contribution in [0.4, 0.5) is 0 Å². The largest absolute Gasteiger partial charge is 0.492 e. The van der Waals surface area contributed by atoms with E-state index in [9.17, 15) is 9.59 Å². The van der Waals surface area contributed by atoms with E-state index in [4.69, 9.17) is 14.2 Å². The van der Waals surface area contributed by atoms with E-state index in [1.807, 2.05) is 84.9 Å². The Kier molecular flexibility index (Phi) is 8.81. The number of nitrogens with one attached hydrogen (secondary N) is 1. The highest BCUT2D eigenvalue weighted by Gasteiger charge is 2.25. The zero-order valence-corrected chi connectivity index (χ0v) is 23.7. The van der Waals surface area contributed by atoms with Gasteiger partial charge >= 0.3 is 5.97 Å². The van der Waals surface area contributed by atoms with Gasteiger partial charge in [-0.3, -0.25) is 9.59 Å². The Morgan fingerprint density at radius 3 is 2.35 bits per heavy atom. The number of carbonyl (C=O) groups excluding carboxylic acids is 2. The van der Waals surface area contributed by atoms with Crippen LogP contribution in [-0.4, -0.2) is 25.6 Å². The number of hydrogen-bond donors (Lipinski definition) is 1. The molecule has 204 valence electrons. The van der Waals surface area contributed by atoms with E-state index in [2.05, 4.69) is 21.2 Å². The molecule has 0 spiro atoms. The molecule has 4 aromatic rings. The second-order valence-electron chi connectivity index (χ2n) is 9.73. The van der Waals surface area contributed by atoms with Crippen molar-refractivity contribution in [3.05, 3.63) is 113 Å². The predicted molar refractivity (Wildman–Crippen MR) is 158 cm³/mol. The summed E-state index contributed by atoms with van der Waals surface area (Å²) in [6.45, 7) is 0.588. The molecule has 1 aliphatic rings. The molecule has 0 saturated heterocycles. The van der Waals surface area contributed by atoms with Gasteiger partial charge in [0, 0.05) is 10.0 Å². The summed E-state index contributed by atoms with van der Waals surface area (Å²) in [5.41, 5.74) is 3.06. The standard InChI is InChI=1S/C33H30BrNO5/c1-38-32(36)20-29(35-33(37)28-19-25(34)17-18-30(28)39-21-22-11-12-22)24-15-13-23(14-16-24)27-9-5-6-10-31(27)40-26-7-3-2-4-8-26/h2-10,13-19,22,29H,11-12,20-21H2,1H3,(H,35,37). The molecule has 1 unspecified atom stereocenters. The second kappa shape index (κ2) is 12.8. The predicted octanol–water partition coefficient (Wildman–Crippen LogP) is 7.73. The fourth-order valence-electron chi connectivity index (χ4n) is 4.34. The van der Waals surface area contributed by atoms with Crippen molar-refractivity contribution in [2.24, 2.45) is 5.92 Å². The summed E-state index contributed by atoms with van der Waals surface area (Å²) in [6, 6.07) is 30.0. The van der Waals surface area contributed by atoms with Crippen LogP contribution in [-0.2, 0) is 9.53 Å². The van der Waals surface area contributed by atoms with Crippen molar-refractivity contribution in [3.63, 3.8) is 0 Å². The van der Waals surface area contributed by atoms with Crippen LogP contribution >= 0.6 is 15.9 Å². The van der Waals surface area contributed by atoms with E-state index < -0.39 is 12.0 Å². The number of rotatable bonds is 11. The quantitative estimate of drug-likeness (QED) is 0.178. The van der Waals surface area contributed by atoms with E-state index >= 15 is 0 Å². The lowest BCUT2D eigenvalue weighted by atomic mass is 9.98. The molecule has 1 amide bonds. The lowest BCUT2D eigenvalue weighted by Crippen LogP contribution is -2.31. The van der Waals surface area contributed by atoms with E-state index in [0.29, 0.717) is 23.8 Å². The maximum atomic E-state index is 13.5. The third kappa shape index (κ3) is 7.10. The van der Waals surface area contributed by atoms with Crippen molar-refractivity contribution >= 4 is 27.8 Å². The van der Waals surface area contributed by atoms with Gasteiger partial charge < -0.3 is 19.5 Å². The van der Waals surface area contributed by atoms with Gasteiger partial charge in [-0.05, 0) is 66.3 Å². The third-order valence-electron chi connectivity index (χ3n) is 6.74. The minimum Gasteiger partial charge on any atom is -0.492 e. The Balaban J connectivity index is 1.38. The molecule has 0 aliphatic heterocycles. The molecule has 0 aromatic heterocycles. The summed E-state index contributed by atoms with van der Waals surface area (Å²) in [7, 11) is 1.34. The van der Waals surface area contributed by atoms with Crippen LogP contribution in [0.5, 0.6) is 17.2 Å². The maximum absolute atomic E-state index is 13.5. The number of hydrogen-bond acceptors (Lipinski definition) is 5. The molecule has 5 rings (SSSR count). The average Bonchev–Trinajstić information content (AvgIpc) is 3.82. The fourth-order valence-corrected chi connectivity index (χ4v) is 4.70. The fraction of sp³-hybridized carbons (Fsp3) is 0.212. The Bertz CT molecular complexity index is 1470.